The maximum atomic E-state index is 13.8. The highest BCUT2D eigenvalue weighted by atomic mass is 28.3. The first-order valence-electron chi connectivity index (χ1n) is 7.27. The van der Waals surface area contributed by atoms with Crippen LogP contribution in [0.2, 0.25) is 25.7 Å². The summed E-state index contributed by atoms with van der Waals surface area (Å²) in [6, 6.07) is 3.77. The highest BCUT2D eigenvalue weighted by Crippen LogP contribution is 2.21. The summed E-state index contributed by atoms with van der Waals surface area (Å²) >= 11 is 0. The number of aromatic nitrogens is 3. The zero-order valence-corrected chi connectivity index (χ0v) is 14.4. The van der Waals surface area contributed by atoms with Gasteiger partial charge < -0.3 is 9.84 Å². The number of nitrogens with zero attached hydrogens (tertiary/aromatic N) is 3. The molecule has 23 heavy (non-hydrogen) atoms. The SMILES string of the molecule is C[Si](C)(C)CCOCn1nc(-c2ccncc2F)cc1C(=O)O. The van der Waals surface area contributed by atoms with E-state index in [1.54, 1.807) is 0 Å². The lowest BCUT2D eigenvalue weighted by molar-refractivity contribution is 0.0591. The average Bonchev–Trinajstić information content (AvgIpc) is 2.87. The Hall–Kier alpha value is -2.06. The molecular formula is C15H20FN3O3Si. The van der Waals surface area contributed by atoms with Crippen molar-refractivity contribution in [3.8, 4) is 11.3 Å². The third-order valence-electron chi connectivity index (χ3n) is 3.26. The van der Waals surface area contributed by atoms with E-state index in [1.165, 1.54) is 23.0 Å². The molecular weight excluding hydrogens is 317 g/mol. The third-order valence-corrected chi connectivity index (χ3v) is 4.96. The molecule has 0 spiro atoms. The highest BCUT2D eigenvalue weighted by Gasteiger charge is 2.18. The number of rotatable bonds is 7. The molecule has 0 fully saturated rings. The van der Waals surface area contributed by atoms with Gasteiger partial charge in [-0.05, 0) is 18.2 Å². The molecule has 2 aromatic heterocycles. The van der Waals surface area contributed by atoms with Crippen LogP contribution in [0.25, 0.3) is 11.3 Å². The molecule has 8 heteroatoms. The van der Waals surface area contributed by atoms with Crippen molar-refractivity contribution >= 4 is 14.0 Å². The van der Waals surface area contributed by atoms with Crippen LogP contribution in [0.3, 0.4) is 0 Å². The summed E-state index contributed by atoms with van der Waals surface area (Å²) in [6.07, 6.45) is 2.50. The number of carboxylic acids is 1. The largest absolute Gasteiger partial charge is 0.477 e. The number of halogens is 1. The van der Waals surface area contributed by atoms with E-state index in [2.05, 4.69) is 29.7 Å². The second-order valence-corrected chi connectivity index (χ2v) is 12.0. The van der Waals surface area contributed by atoms with Crippen LogP contribution in [-0.2, 0) is 11.5 Å². The molecule has 0 amide bonds. The highest BCUT2D eigenvalue weighted by molar-refractivity contribution is 6.76. The first kappa shape index (κ1) is 17.3. The summed E-state index contributed by atoms with van der Waals surface area (Å²) in [4.78, 5) is 15.0. The number of ether oxygens (including phenoxy) is 1. The van der Waals surface area contributed by atoms with Crippen molar-refractivity contribution in [3.05, 3.63) is 36.0 Å². The van der Waals surface area contributed by atoms with Crippen LogP contribution in [0.1, 0.15) is 10.5 Å². The Morgan fingerprint density at radius 3 is 2.78 bits per heavy atom. The minimum atomic E-state index is -1.21. The van der Waals surface area contributed by atoms with Crippen molar-refractivity contribution in [3.63, 3.8) is 0 Å². The molecule has 124 valence electrons. The van der Waals surface area contributed by atoms with E-state index in [1.807, 2.05) is 0 Å². The van der Waals surface area contributed by atoms with E-state index >= 15 is 0 Å². The van der Waals surface area contributed by atoms with Crippen molar-refractivity contribution < 1.29 is 19.0 Å². The van der Waals surface area contributed by atoms with Crippen LogP contribution >= 0.6 is 0 Å². The Bertz CT molecular complexity index is 698. The summed E-state index contributed by atoms with van der Waals surface area (Å²) in [6.45, 7) is 7.28. The zero-order chi connectivity index (χ0) is 17.0. The molecule has 1 N–H and O–H groups in total. The van der Waals surface area contributed by atoms with E-state index in [9.17, 15) is 14.3 Å². The van der Waals surface area contributed by atoms with Gasteiger partial charge in [-0.15, -0.1) is 0 Å². The Morgan fingerprint density at radius 1 is 1.43 bits per heavy atom. The van der Waals surface area contributed by atoms with Gasteiger partial charge in [-0.3, -0.25) is 4.98 Å². The summed E-state index contributed by atoms with van der Waals surface area (Å²) in [5.41, 5.74) is 0.420. The molecule has 0 aliphatic heterocycles. The van der Waals surface area contributed by atoms with Gasteiger partial charge in [0.2, 0.25) is 0 Å². The van der Waals surface area contributed by atoms with E-state index < -0.39 is 19.9 Å². The molecule has 0 saturated carbocycles. The van der Waals surface area contributed by atoms with Gasteiger partial charge in [-0.25, -0.2) is 13.9 Å². The molecule has 0 aliphatic carbocycles. The smallest absolute Gasteiger partial charge is 0.354 e. The van der Waals surface area contributed by atoms with Crippen molar-refractivity contribution in [1.29, 1.82) is 0 Å². The van der Waals surface area contributed by atoms with Crippen molar-refractivity contribution in [2.45, 2.75) is 32.4 Å². The third kappa shape index (κ3) is 4.70. The molecule has 2 heterocycles. The molecule has 0 bridgehead atoms. The Kier molecular flexibility index (Phi) is 5.27. The monoisotopic (exact) mass is 337 g/mol. The standard InChI is InChI=1S/C15H20FN3O3Si/c1-23(2,3)7-6-22-10-19-14(15(20)21)8-13(18-19)11-4-5-17-9-12(11)16/h4-5,8-9H,6-7,10H2,1-3H3,(H,20,21). The molecule has 2 aromatic rings. The predicted octanol–water partition coefficient (Wildman–Crippen LogP) is 3.09. The fraction of sp³-hybridized carbons (Fsp3) is 0.400. The minimum Gasteiger partial charge on any atom is -0.477 e. The van der Waals surface area contributed by atoms with Gasteiger partial charge in [0.15, 0.2) is 5.82 Å². The summed E-state index contributed by atoms with van der Waals surface area (Å²) < 4.78 is 20.5. The maximum absolute atomic E-state index is 13.8. The lowest BCUT2D eigenvalue weighted by Gasteiger charge is -2.15. The van der Waals surface area contributed by atoms with Crippen LogP contribution in [0.15, 0.2) is 24.5 Å². The molecule has 0 aromatic carbocycles. The Morgan fingerprint density at radius 2 is 2.17 bits per heavy atom. The predicted molar refractivity (Wildman–Crippen MR) is 86.5 cm³/mol. The van der Waals surface area contributed by atoms with Crippen LogP contribution in [0, 0.1) is 5.82 Å². The van der Waals surface area contributed by atoms with E-state index in [0.29, 0.717) is 6.61 Å². The lowest BCUT2D eigenvalue weighted by atomic mass is 10.2. The van der Waals surface area contributed by atoms with Gasteiger partial charge in [0.25, 0.3) is 0 Å². The summed E-state index contributed by atoms with van der Waals surface area (Å²) in [5, 5.41) is 13.4. The van der Waals surface area contributed by atoms with Gasteiger partial charge in [0.05, 0.1) is 11.9 Å². The fourth-order valence-corrected chi connectivity index (χ4v) is 2.69. The van der Waals surface area contributed by atoms with E-state index in [0.717, 1.165) is 12.2 Å². The molecule has 0 saturated heterocycles. The molecule has 2 rings (SSSR count). The van der Waals surface area contributed by atoms with Gasteiger partial charge in [-0.1, -0.05) is 19.6 Å². The molecule has 0 radical (unpaired) electrons. The zero-order valence-electron chi connectivity index (χ0n) is 13.4. The second kappa shape index (κ2) is 7.01. The molecule has 0 unspecified atom stereocenters. The van der Waals surface area contributed by atoms with E-state index in [4.69, 9.17) is 4.74 Å². The maximum Gasteiger partial charge on any atom is 0.354 e. The fourth-order valence-electron chi connectivity index (χ4n) is 1.93. The lowest BCUT2D eigenvalue weighted by Crippen LogP contribution is -2.22. The molecule has 0 atom stereocenters. The van der Waals surface area contributed by atoms with Crippen LogP contribution < -0.4 is 0 Å². The summed E-state index contributed by atoms with van der Waals surface area (Å²) in [5.74, 6) is -1.68. The number of carbonyl (C=O) groups is 1. The minimum absolute atomic E-state index is 0.0266. The number of pyridine rings is 1. The number of hydrogen-bond donors (Lipinski definition) is 1. The molecule has 6 nitrogen and oxygen atoms in total. The van der Waals surface area contributed by atoms with Crippen LogP contribution in [-0.4, -0.2) is 40.5 Å². The normalized spacial score (nSPS) is 11.7. The second-order valence-electron chi connectivity index (χ2n) is 6.42. The van der Waals surface area contributed by atoms with Gasteiger partial charge in [0.1, 0.15) is 12.4 Å². The molecule has 0 aliphatic rings. The van der Waals surface area contributed by atoms with Crippen molar-refractivity contribution in [2.75, 3.05) is 6.61 Å². The first-order valence-corrected chi connectivity index (χ1v) is 11.0. The summed E-state index contributed by atoms with van der Waals surface area (Å²) in [7, 11) is -1.21. The van der Waals surface area contributed by atoms with Gasteiger partial charge in [-0.2, -0.15) is 5.10 Å². The van der Waals surface area contributed by atoms with E-state index in [-0.39, 0.29) is 23.7 Å². The first-order chi connectivity index (χ1) is 10.8. The van der Waals surface area contributed by atoms with Crippen molar-refractivity contribution in [2.24, 2.45) is 0 Å². The number of carboxylic acid groups (broad SMARTS) is 1. The Balaban J connectivity index is 2.16. The Labute approximate surface area is 134 Å². The van der Waals surface area contributed by atoms with Crippen LogP contribution in [0.5, 0.6) is 0 Å². The van der Waals surface area contributed by atoms with Crippen molar-refractivity contribution in [1.82, 2.24) is 14.8 Å². The number of hydrogen-bond acceptors (Lipinski definition) is 4. The number of aromatic carboxylic acids is 1. The van der Waals surface area contributed by atoms with Gasteiger partial charge >= 0.3 is 5.97 Å². The topological polar surface area (TPSA) is 77.2 Å². The average molecular weight is 337 g/mol. The van der Waals surface area contributed by atoms with Gasteiger partial charge in [0, 0.05) is 26.4 Å². The quantitative estimate of drug-likeness (QED) is 0.620. The van der Waals surface area contributed by atoms with Crippen LogP contribution in [0.4, 0.5) is 4.39 Å².